The summed E-state index contributed by atoms with van der Waals surface area (Å²) >= 11 is 0. The van der Waals surface area contributed by atoms with Crippen LogP contribution in [-0.2, 0) is 6.54 Å². The van der Waals surface area contributed by atoms with E-state index in [1.165, 1.54) is 7.11 Å². The van der Waals surface area contributed by atoms with E-state index >= 15 is 0 Å². The minimum atomic E-state index is -0.349. The predicted octanol–water partition coefficient (Wildman–Crippen LogP) is 3.06. The van der Waals surface area contributed by atoms with Gasteiger partial charge < -0.3 is 20.1 Å². The van der Waals surface area contributed by atoms with Crippen molar-refractivity contribution in [1.29, 1.82) is 0 Å². The summed E-state index contributed by atoms with van der Waals surface area (Å²) in [4.78, 5) is 25.5. The average molecular weight is 379 g/mol. The fourth-order valence-corrected chi connectivity index (χ4v) is 2.55. The molecule has 0 saturated carbocycles. The van der Waals surface area contributed by atoms with E-state index < -0.39 is 0 Å². The Morgan fingerprint density at radius 2 is 1.86 bits per heavy atom. The van der Waals surface area contributed by atoms with Gasteiger partial charge in [0.25, 0.3) is 5.91 Å². The average Bonchev–Trinajstić information content (AvgIpc) is 2.72. The van der Waals surface area contributed by atoms with Crippen molar-refractivity contribution in [2.24, 2.45) is 0 Å². The second-order valence-corrected chi connectivity index (χ2v) is 5.92. The number of ether oxygens (including phenoxy) is 2. The van der Waals surface area contributed by atoms with E-state index in [4.69, 9.17) is 9.47 Å². The molecule has 0 spiro atoms. The Hall–Kier alpha value is -3.68. The molecule has 1 amide bonds. The lowest BCUT2D eigenvalue weighted by Crippen LogP contribution is -2.16. The lowest BCUT2D eigenvalue weighted by molar-refractivity contribution is 0.102. The first-order valence-electron chi connectivity index (χ1n) is 8.62. The SMILES string of the molecule is COc1ccc(NC(=O)c2cc(C)nc(NCc3ccccn3)n2)cc1OC. The molecule has 0 atom stereocenters. The van der Waals surface area contributed by atoms with Gasteiger partial charge in [0.15, 0.2) is 11.5 Å². The van der Waals surface area contributed by atoms with Crippen LogP contribution >= 0.6 is 0 Å². The third kappa shape index (κ3) is 4.73. The number of aromatic nitrogens is 3. The molecule has 0 radical (unpaired) electrons. The van der Waals surface area contributed by atoms with Gasteiger partial charge in [0, 0.05) is 23.6 Å². The Morgan fingerprint density at radius 1 is 1.04 bits per heavy atom. The number of benzene rings is 1. The molecule has 2 aromatic heterocycles. The predicted molar refractivity (Wildman–Crippen MR) is 106 cm³/mol. The van der Waals surface area contributed by atoms with Gasteiger partial charge in [-0.15, -0.1) is 0 Å². The summed E-state index contributed by atoms with van der Waals surface area (Å²) in [6.07, 6.45) is 1.72. The number of methoxy groups -OCH3 is 2. The van der Waals surface area contributed by atoms with E-state index in [1.54, 1.807) is 44.5 Å². The molecular formula is C20H21N5O3. The highest BCUT2D eigenvalue weighted by Crippen LogP contribution is 2.29. The Labute approximate surface area is 163 Å². The maximum absolute atomic E-state index is 12.6. The second kappa shape index (κ2) is 8.81. The van der Waals surface area contributed by atoms with E-state index in [-0.39, 0.29) is 11.6 Å². The molecule has 0 fully saturated rings. The van der Waals surface area contributed by atoms with Crippen LogP contribution in [0.3, 0.4) is 0 Å². The van der Waals surface area contributed by atoms with Gasteiger partial charge >= 0.3 is 0 Å². The molecule has 0 aliphatic carbocycles. The van der Waals surface area contributed by atoms with Crippen LogP contribution in [-0.4, -0.2) is 35.1 Å². The van der Waals surface area contributed by atoms with Crippen molar-refractivity contribution in [2.45, 2.75) is 13.5 Å². The summed E-state index contributed by atoms with van der Waals surface area (Å²) in [6, 6.07) is 12.4. The Balaban J connectivity index is 1.74. The Bertz CT molecular complexity index is 963. The summed E-state index contributed by atoms with van der Waals surface area (Å²) in [5.41, 5.74) is 2.35. The van der Waals surface area contributed by atoms with Gasteiger partial charge in [-0.2, -0.15) is 0 Å². The van der Waals surface area contributed by atoms with Crippen LogP contribution in [0.25, 0.3) is 0 Å². The first-order valence-corrected chi connectivity index (χ1v) is 8.62. The molecule has 8 heteroatoms. The van der Waals surface area contributed by atoms with E-state index in [0.29, 0.717) is 35.4 Å². The second-order valence-electron chi connectivity index (χ2n) is 5.92. The van der Waals surface area contributed by atoms with Crippen LogP contribution in [0.2, 0.25) is 0 Å². The van der Waals surface area contributed by atoms with Crippen LogP contribution in [0.4, 0.5) is 11.6 Å². The number of hydrogen-bond acceptors (Lipinski definition) is 7. The Kier molecular flexibility index (Phi) is 6.01. The van der Waals surface area contributed by atoms with Gasteiger partial charge in [-0.3, -0.25) is 9.78 Å². The molecule has 0 saturated heterocycles. The van der Waals surface area contributed by atoms with Gasteiger partial charge in [0.05, 0.1) is 26.5 Å². The van der Waals surface area contributed by atoms with E-state index in [2.05, 4.69) is 25.6 Å². The fourth-order valence-electron chi connectivity index (χ4n) is 2.55. The summed E-state index contributed by atoms with van der Waals surface area (Å²) in [6.45, 7) is 2.27. The first-order chi connectivity index (χ1) is 13.6. The van der Waals surface area contributed by atoms with Gasteiger partial charge in [-0.1, -0.05) is 6.07 Å². The highest BCUT2D eigenvalue weighted by molar-refractivity contribution is 6.03. The first kappa shape index (κ1) is 19.1. The molecule has 3 rings (SSSR count). The van der Waals surface area contributed by atoms with E-state index in [1.807, 2.05) is 18.2 Å². The molecule has 2 N–H and O–H groups in total. The van der Waals surface area contributed by atoms with Gasteiger partial charge in [0.2, 0.25) is 5.95 Å². The summed E-state index contributed by atoms with van der Waals surface area (Å²) in [5.74, 6) is 1.12. The zero-order valence-corrected chi connectivity index (χ0v) is 15.9. The minimum Gasteiger partial charge on any atom is -0.493 e. The lowest BCUT2D eigenvalue weighted by atomic mass is 10.2. The largest absolute Gasteiger partial charge is 0.493 e. The molecule has 1 aromatic carbocycles. The van der Waals surface area contributed by atoms with Crippen molar-refractivity contribution < 1.29 is 14.3 Å². The normalized spacial score (nSPS) is 10.2. The van der Waals surface area contributed by atoms with Crippen LogP contribution in [0.5, 0.6) is 11.5 Å². The highest BCUT2D eigenvalue weighted by atomic mass is 16.5. The summed E-state index contributed by atoms with van der Waals surface area (Å²) < 4.78 is 10.5. The number of hydrogen-bond donors (Lipinski definition) is 2. The zero-order valence-electron chi connectivity index (χ0n) is 15.9. The third-order valence-electron chi connectivity index (χ3n) is 3.88. The summed E-state index contributed by atoms with van der Waals surface area (Å²) in [7, 11) is 3.09. The maximum atomic E-state index is 12.6. The Morgan fingerprint density at radius 3 is 2.57 bits per heavy atom. The van der Waals surface area contributed by atoms with E-state index in [9.17, 15) is 4.79 Å². The minimum absolute atomic E-state index is 0.255. The van der Waals surface area contributed by atoms with Gasteiger partial charge in [0.1, 0.15) is 5.69 Å². The van der Waals surface area contributed by atoms with Crippen LogP contribution in [0, 0.1) is 6.92 Å². The number of nitrogens with zero attached hydrogens (tertiary/aromatic N) is 3. The molecule has 3 aromatic rings. The number of aryl methyl sites for hydroxylation is 1. The standard InChI is InChI=1S/C20H21N5O3/c1-13-10-16(25-20(23-13)22-12-15-6-4-5-9-21-15)19(26)24-14-7-8-17(27-2)18(11-14)28-3/h4-11H,12H2,1-3H3,(H,24,26)(H,22,23,25). The van der Waals surface area contributed by atoms with Crippen molar-refractivity contribution in [3.05, 3.63) is 65.7 Å². The fraction of sp³-hybridized carbons (Fsp3) is 0.200. The quantitative estimate of drug-likeness (QED) is 0.651. The maximum Gasteiger partial charge on any atom is 0.274 e. The van der Waals surface area contributed by atoms with Gasteiger partial charge in [-0.25, -0.2) is 9.97 Å². The number of rotatable bonds is 7. The monoisotopic (exact) mass is 379 g/mol. The lowest BCUT2D eigenvalue weighted by Gasteiger charge is -2.11. The number of carbonyl (C=O) groups is 1. The molecule has 0 unspecified atom stereocenters. The molecular weight excluding hydrogens is 358 g/mol. The highest BCUT2D eigenvalue weighted by Gasteiger charge is 2.13. The molecule has 8 nitrogen and oxygen atoms in total. The zero-order chi connectivity index (χ0) is 19.9. The van der Waals surface area contributed by atoms with Crippen molar-refractivity contribution in [3.63, 3.8) is 0 Å². The van der Waals surface area contributed by atoms with Crippen LogP contribution in [0.15, 0.2) is 48.7 Å². The molecule has 0 aliphatic heterocycles. The molecule has 0 bridgehead atoms. The van der Waals surface area contributed by atoms with Crippen molar-refractivity contribution in [3.8, 4) is 11.5 Å². The van der Waals surface area contributed by atoms with E-state index in [0.717, 1.165) is 5.69 Å². The molecule has 2 heterocycles. The van der Waals surface area contributed by atoms with Gasteiger partial charge in [-0.05, 0) is 37.3 Å². The number of pyridine rings is 1. The van der Waals surface area contributed by atoms with Crippen molar-refractivity contribution in [2.75, 3.05) is 24.9 Å². The smallest absolute Gasteiger partial charge is 0.274 e. The number of carbonyl (C=O) groups excluding carboxylic acids is 1. The third-order valence-corrected chi connectivity index (χ3v) is 3.88. The number of amides is 1. The topological polar surface area (TPSA) is 98.3 Å². The van der Waals surface area contributed by atoms with Crippen LogP contribution < -0.4 is 20.1 Å². The van der Waals surface area contributed by atoms with Crippen molar-refractivity contribution in [1.82, 2.24) is 15.0 Å². The molecule has 0 aliphatic rings. The molecule has 144 valence electrons. The number of nitrogens with one attached hydrogen (secondary N) is 2. The van der Waals surface area contributed by atoms with Crippen molar-refractivity contribution >= 4 is 17.5 Å². The summed E-state index contributed by atoms with van der Waals surface area (Å²) in [5, 5.41) is 5.90. The number of anilines is 2. The molecule has 28 heavy (non-hydrogen) atoms. The van der Waals surface area contributed by atoms with Crippen LogP contribution in [0.1, 0.15) is 21.9 Å².